The molecule has 0 spiro atoms. The van der Waals surface area contributed by atoms with E-state index in [0.717, 1.165) is 12.8 Å². The highest BCUT2D eigenvalue weighted by molar-refractivity contribution is 4.91. The summed E-state index contributed by atoms with van der Waals surface area (Å²) in [7, 11) is 0. The van der Waals surface area contributed by atoms with Crippen LogP contribution in [0, 0.1) is 0 Å². The largest absolute Gasteiger partial charge is 0.394 e. The Morgan fingerprint density at radius 2 is 2.00 bits per heavy atom. The van der Waals surface area contributed by atoms with Crippen molar-refractivity contribution in [2.24, 2.45) is 0 Å². The third-order valence-corrected chi connectivity index (χ3v) is 1.34. The number of allylic oxidation sites excluding steroid dienone is 3. The van der Waals surface area contributed by atoms with Crippen LogP contribution in [0.25, 0.3) is 0 Å². The predicted molar refractivity (Wildman–Crippen MR) is 51.1 cm³/mol. The molecular formula is C10H18O2. The van der Waals surface area contributed by atoms with Gasteiger partial charge in [0, 0.05) is 0 Å². The summed E-state index contributed by atoms with van der Waals surface area (Å²) in [6.07, 6.45) is 10.3. The lowest BCUT2D eigenvalue weighted by molar-refractivity contribution is 0.0955. The minimum absolute atomic E-state index is 0.113. The molecule has 70 valence electrons. The molecule has 0 amide bonds. The summed E-state index contributed by atoms with van der Waals surface area (Å²) in [6.45, 7) is 3.27. The van der Waals surface area contributed by atoms with Gasteiger partial charge in [0.1, 0.15) is 0 Å². The first-order valence-electron chi connectivity index (χ1n) is 4.36. The van der Waals surface area contributed by atoms with E-state index in [-0.39, 0.29) is 6.61 Å². The highest BCUT2D eigenvalue weighted by Crippen LogP contribution is 1.89. The van der Waals surface area contributed by atoms with Crippen molar-refractivity contribution in [3.63, 3.8) is 0 Å². The van der Waals surface area contributed by atoms with E-state index in [0.29, 0.717) is 13.2 Å². The minimum Gasteiger partial charge on any atom is -0.394 e. The van der Waals surface area contributed by atoms with E-state index in [9.17, 15) is 0 Å². The minimum atomic E-state index is 0.113. The SMILES string of the molecule is C/C=C/C/C=C/CCOCCO. The average Bonchev–Trinajstić information content (AvgIpc) is 2.10. The molecule has 0 saturated heterocycles. The molecule has 0 rings (SSSR count). The van der Waals surface area contributed by atoms with Gasteiger partial charge in [-0.15, -0.1) is 0 Å². The first-order chi connectivity index (χ1) is 5.91. The molecule has 0 atom stereocenters. The van der Waals surface area contributed by atoms with Crippen LogP contribution in [0.5, 0.6) is 0 Å². The zero-order valence-electron chi connectivity index (χ0n) is 7.70. The Bertz CT molecular complexity index is 128. The molecular weight excluding hydrogens is 152 g/mol. The van der Waals surface area contributed by atoms with Gasteiger partial charge in [-0.1, -0.05) is 24.3 Å². The van der Waals surface area contributed by atoms with Gasteiger partial charge in [0.05, 0.1) is 19.8 Å². The van der Waals surface area contributed by atoms with Crippen LogP contribution in [0.2, 0.25) is 0 Å². The lowest BCUT2D eigenvalue weighted by atomic mass is 10.3. The average molecular weight is 170 g/mol. The Morgan fingerprint density at radius 3 is 2.67 bits per heavy atom. The van der Waals surface area contributed by atoms with E-state index in [1.807, 2.05) is 13.0 Å². The zero-order chi connectivity index (χ0) is 9.07. The maximum absolute atomic E-state index is 8.39. The monoisotopic (exact) mass is 170 g/mol. The first kappa shape index (κ1) is 11.4. The Labute approximate surface area is 74.6 Å². The van der Waals surface area contributed by atoms with E-state index in [4.69, 9.17) is 9.84 Å². The van der Waals surface area contributed by atoms with E-state index in [1.54, 1.807) is 0 Å². The second-order valence-electron chi connectivity index (χ2n) is 2.40. The summed E-state index contributed by atoms with van der Waals surface area (Å²) in [4.78, 5) is 0. The number of hydrogen-bond acceptors (Lipinski definition) is 2. The van der Waals surface area contributed by atoms with Crippen molar-refractivity contribution in [3.8, 4) is 0 Å². The summed E-state index contributed by atoms with van der Waals surface area (Å²) in [6, 6.07) is 0. The Hall–Kier alpha value is -0.600. The van der Waals surface area contributed by atoms with Crippen LogP contribution >= 0.6 is 0 Å². The molecule has 2 heteroatoms. The maximum atomic E-state index is 8.39. The molecule has 0 saturated carbocycles. The van der Waals surface area contributed by atoms with Crippen molar-refractivity contribution < 1.29 is 9.84 Å². The van der Waals surface area contributed by atoms with Crippen LogP contribution in [-0.2, 0) is 4.74 Å². The molecule has 0 aliphatic carbocycles. The lowest BCUT2D eigenvalue weighted by Gasteiger charge is -1.96. The van der Waals surface area contributed by atoms with Gasteiger partial charge in [-0.3, -0.25) is 0 Å². The summed E-state index contributed by atoms with van der Waals surface area (Å²) < 4.78 is 5.07. The molecule has 0 fully saturated rings. The van der Waals surface area contributed by atoms with Crippen LogP contribution in [0.4, 0.5) is 0 Å². The summed E-state index contributed by atoms with van der Waals surface area (Å²) >= 11 is 0. The van der Waals surface area contributed by atoms with Crippen LogP contribution in [0.1, 0.15) is 19.8 Å². The van der Waals surface area contributed by atoms with Crippen LogP contribution in [0.3, 0.4) is 0 Å². The normalized spacial score (nSPS) is 11.8. The number of rotatable bonds is 7. The van der Waals surface area contributed by atoms with Crippen molar-refractivity contribution in [2.45, 2.75) is 19.8 Å². The lowest BCUT2D eigenvalue weighted by Crippen LogP contribution is -1.99. The molecule has 0 radical (unpaired) electrons. The van der Waals surface area contributed by atoms with Gasteiger partial charge < -0.3 is 9.84 Å². The number of aliphatic hydroxyl groups excluding tert-OH is 1. The molecule has 12 heavy (non-hydrogen) atoms. The van der Waals surface area contributed by atoms with Crippen molar-refractivity contribution in [2.75, 3.05) is 19.8 Å². The van der Waals surface area contributed by atoms with Gasteiger partial charge in [-0.2, -0.15) is 0 Å². The Kier molecular flexibility index (Phi) is 9.88. The van der Waals surface area contributed by atoms with Crippen molar-refractivity contribution in [1.29, 1.82) is 0 Å². The standard InChI is InChI=1S/C10H18O2/c1-2-3-4-5-6-7-9-12-10-8-11/h2-3,5-6,11H,4,7-10H2,1H3/b3-2+,6-5+. The number of hydrogen-bond donors (Lipinski definition) is 1. The van der Waals surface area contributed by atoms with Gasteiger partial charge in [0.25, 0.3) is 0 Å². The molecule has 0 heterocycles. The maximum Gasteiger partial charge on any atom is 0.0697 e. The third kappa shape index (κ3) is 9.40. The molecule has 0 aromatic carbocycles. The smallest absolute Gasteiger partial charge is 0.0697 e. The molecule has 0 aromatic heterocycles. The predicted octanol–water partition coefficient (Wildman–Crippen LogP) is 1.91. The zero-order valence-corrected chi connectivity index (χ0v) is 7.70. The Balaban J connectivity index is 3.02. The molecule has 1 N–H and O–H groups in total. The second kappa shape index (κ2) is 10.4. The quantitative estimate of drug-likeness (QED) is 0.467. The van der Waals surface area contributed by atoms with Crippen LogP contribution in [-0.4, -0.2) is 24.9 Å². The van der Waals surface area contributed by atoms with Gasteiger partial charge in [-0.05, 0) is 19.8 Å². The summed E-state index contributed by atoms with van der Waals surface area (Å²) in [5.41, 5.74) is 0. The fourth-order valence-electron chi connectivity index (χ4n) is 0.747. The molecule has 0 unspecified atom stereocenters. The Morgan fingerprint density at radius 1 is 1.17 bits per heavy atom. The van der Waals surface area contributed by atoms with E-state index in [1.165, 1.54) is 0 Å². The van der Waals surface area contributed by atoms with Crippen molar-refractivity contribution in [3.05, 3.63) is 24.3 Å². The van der Waals surface area contributed by atoms with Gasteiger partial charge >= 0.3 is 0 Å². The molecule has 0 aliphatic rings. The third-order valence-electron chi connectivity index (χ3n) is 1.34. The van der Waals surface area contributed by atoms with Gasteiger partial charge in [0.15, 0.2) is 0 Å². The van der Waals surface area contributed by atoms with E-state index < -0.39 is 0 Å². The molecule has 0 aromatic rings. The van der Waals surface area contributed by atoms with Gasteiger partial charge in [-0.25, -0.2) is 0 Å². The summed E-state index contributed by atoms with van der Waals surface area (Å²) in [5, 5.41) is 8.39. The van der Waals surface area contributed by atoms with Crippen LogP contribution in [0.15, 0.2) is 24.3 Å². The fourth-order valence-corrected chi connectivity index (χ4v) is 0.747. The first-order valence-corrected chi connectivity index (χ1v) is 4.36. The highest BCUT2D eigenvalue weighted by Gasteiger charge is 1.82. The molecule has 2 nitrogen and oxygen atoms in total. The number of aliphatic hydroxyl groups is 1. The van der Waals surface area contributed by atoms with E-state index in [2.05, 4.69) is 18.2 Å². The van der Waals surface area contributed by atoms with E-state index >= 15 is 0 Å². The fraction of sp³-hybridized carbons (Fsp3) is 0.600. The van der Waals surface area contributed by atoms with Crippen molar-refractivity contribution in [1.82, 2.24) is 0 Å². The molecule has 0 bridgehead atoms. The topological polar surface area (TPSA) is 29.5 Å². The summed E-state index contributed by atoms with van der Waals surface area (Å²) in [5.74, 6) is 0. The highest BCUT2D eigenvalue weighted by atomic mass is 16.5. The molecule has 0 aliphatic heterocycles. The second-order valence-corrected chi connectivity index (χ2v) is 2.40. The van der Waals surface area contributed by atoms with Crippen molar-refractivity contribution >= 4 is 0 Å². The van der Waals surface area contributed by atoms with Gasteiger partial charge in [0.2, 0.25) is 0 Å². The number of ether oxygens (including phenoxy) is 1. The van der Waals surface area contributed by atoms with Crippen LogP contribution < -0.4 is 0 Å².